The first-order valence-corrected chi connectivity index (χ1v) is 10.7. The summed E-state index contributed by atoms with van der Waals surface area (Å²) in [6.45, 7) is 4.42. The average Bonchev–Trinajstić information content (AvgIpc) is 2.54. The number of ether oxygens (including phenoxy) is 1. The lowest BCUT2D eigenvalue weighted by Crippen LogP contribution is -2.43. The molecule has 0 bridgehead atoms. The van der Waals surface area contributed by atoms with Crippen LogP contribution in [0, 0.1) is 0 Å². The van der Waals surface area contributed by atoms with Crippen LogP contribution in [0.5, 0.6) is 0 Å². The SMILES string of the molecule is CCCCCCCCCCCCCCCC[N+](C)(C)CCOC(=O)O. The van der Waals surface area contributed by atoms with Crippen molar-refractivity contribution in [2.24, 2.45) is 0 Å². The normalized spacial score (nSPS) is 11.6. The van der Waals surface area contributed by atoms with Gasteiger partial charge in [-0.25, -0.2) is 4.79 Å². The van der Waals surface area contributed by atoms with E-state index in [9.17, 15) is 4.79 Å². The van der Waals surface area contributed by atoms with E-state index in [1.807, 2.05) is 0 Å². The first-order valence-electron chi connectivity index (χ1n) is 10.7. The zero-order valence-corrected chi connectivity index (χ0v) is 17.2. The van der Waals surface area contributed by atoms with Crippen molar-refractivity contribution in [3.05, 3.63) is 0 Å². The summed E-state index contributed by atoms with van der Waals surface area (Å²) in [4.78, 5) is 10.4. The highest BCUT2D eigenvalue weighted by Crippen LogP contribution is 2.13. The smallest absolute Gasteiger partial charge is 0.450 e. The second-order valence-corrected chi connectivity index (χ2v) is 8.09. The molecule has 0 radical (unpaired) electrons. The van der Waals surface area contributed by atoms with Gasteiger partial charge in [-0.15, -0.1) is 0 Å². The van der Waals surface area contributed by atoms with Crippen molar-refractivity contribution >= 4 is 6.16 Å². The Bertz CT molecular complexity index is 306. The quantitative estimate of drug-likeness (QED) is 0.179. The first kappa shape index (κ1) is 24.2. The van der Waals surface area contributed by atoms with Crippen LogP contribution < -0.4 is 0 Å². The van der Waals surface area contributed by atoms with Crippen molar-refractivity contribution in [2.45, 2.75) is 96.8 Å². The Balaban J connectivity index is 3.26. The molecule has 0 spiro atoms. The van der Waals surface area contributed by atoms with Gasteiger partial charge in [0.05, 0.1) is 20.6 Å². The van der Waals surface area contributed by atoms with E-state index in [2.05, 4.69) is 25.8 Å². The molecule has 0 unspecified atom stereocenters. The lowest BCUT2D eigenvalue weighted by Gasteiger charge is -2.29. The summed E-state index contributed by atoms with van der Waals surface area (Å²) in [6.07, 6.45) is 18.2. The molecule has 0 amide bonds. The summed E-state index contributed by atoms with van der Waals surface area (Å²) in [6, 6.07) is 0. The van der Waals surface area contributed by atoms with Gasteiger partial charge in [-0.2, -0.15) is 0 Å². The van der Waals surface area contributed by atoms with Crippen LogP contribution in [0.1, 0.15) is 96.8 Å². The highest BCUT2D eigenvalue weighted by molar-refractivity contribution is 5.56. The van der Waals surface area contributed by atoms with Crippen LogP contribution in [0.15, 0.2) is 0 Å². The van der Waals surface area contributed by atoms with Gasteiger partial charge in [0.2, 0.25) is 0 Å². The van der Waals surface area contributed by atoms with E-state index in [1.54, 1.807) is 0 Å². The highest BCUT2D eigenvalue weighted by Gasteiger charge is 2.15. The molecule has 0 aliphatic heterocycles. The Hall–Kier alpha value is -0.770. The Morgan fingerprint density at radius 1 is 0.720 bits per heavy atom. The van der Waals surface area contributed by atoms with Crippen molar-refractivity contribution in [3.63, 3.8) is 0 Å². The minimum atomic E-state index is -1.17. The maximum absolute atomic E-state index is 10.4. The van der Waals surface area contributed by atoms with Crippen molar-refractivity contribution in [1.29, 1.82) is 0 Å². The predicted molar refractivity (Wildman–Crippen MR) is 106 cm³/mol. The van der Waals surface area contributed by atoms with Gasteiger partial charge >= 0.3 is 6.16 Å². The highest BCUT2D eigenvalue weighted by atomic mass is 16.7. The van der Waals surface area contributed by atoms with E-state index in [-0.39, 0.29) is 0 Å². The predicted octanol–water partition coefficient (Wildman–Crippen LogP) is 6.24. The van der Waals surface area contributed by atoms with Gasteiger partial charge in [0.1, 0.15) is 13.2 Å². The third-order valence-corrected chi connectivity index (χ3v) is 5.04. The number of hydrogen-bond acceptors (Lipinski definition) is 2. The largest absolute Gasteiger partial charge is 0.505 e. The summed E-state index contributed by atoms with van der Waals surface area (Å²) in [5, 5.41) is 8.49. The van der Waals surface area contributed by atoms with Gasteiger partial charge in [0.15, 0.2) is 0 Å². The lowest BCUT2D eigenvalue weighted by molar-refractivity contribution is -0.890. The number of carboxylic acid groups (broad SMARTS) is 1. The standard InChI is InChI=1S/C21H43NO3/c1-4-5-6-7-8-9-10-11-12-13-14-15-16-17-18-22(2,3)19-20-25-21(23)24/h4-20H2,1-3H3/p+1. The van der Waals surface area contributed by atoms with Gasteiger partial charge in [-0.1, -0.05) is 84.0 Å². The van der Waals surface area contributed by atoms with Crippen molar-refractivity contribution in [2.75, 3.05) is 33.8 Å². The maximum Gasteiger partial charge on any atom is 0.505 e. The minimum Gasteiger partial charge on any atom is -0.450 e. The number of hydrogen-bond donors (Lipinski definition) is 1. The molecule has 0 heterocycles. The maximum atomic E-state index is 10.4. The number of quaternary nitrogens is 1. The van der Waals surface area contributed by atoms with Crippen molar-refractivity contribution in [3.8, 4) is 0 Å². The van der Waals surface area contributed by atoms with E-state index in [4.69, 9.17) is 5.11 Å². The van der Waals surface area contributed by atoms with Crippen molar-refractivity contribution in [1.82, 2.24) is 0 Å². The summed E-state index contributed by atoms with van der Waals surface area (Å²) < 4.78 is 5.44. The summed E-state index contributed by atoms with van der Waals surface area (Å²) >= 11 is 0. The Morgan fingerprint density at radius 2 is 1.12 bits per heavy atom. The molecule has 4 heteroatoms. The first-order chi connectivity index (χ1) is 12.0. The van der Waals surface area contributed by atoms with E-state index in [1.165, 1.54) is 89.9 Å². The number of likely N-dealkylation sites (N-methyl/N-ethyl adjacent to an activating group) is 1. The molecule has 0 aliphatic rings. The van der Waals surface area contributed by atoms with Crippen LogP contribution in [0.4, 0.5) is 4.79 Å². The molecule has 0 aromatic rings. The molecule has 150 valence electrons. The molecule has 0 aliphatic carbocycles. The summed E-state index contributed by atoms with van der Waals surface area (Å²) in [5.74, 6) is 0. The molecule has 0 aromatic heterocycles. The molecule has 0 rings (SSSR count). The molecule has 1 N–H and O–H groups in total. The van der Waals surface area contributed by atoms with E-state index < -0.39 is 6.16 Å². The van der Waals surface area contributed by atoms with E-state index in [0.29, 0.717) is 6.61 Å². The third-order valence-electron chi connectivity index (χ3n) is 5.04. The number of carbonyl (C=O) groups is 1. The molecule has 0 atom stereocenters. The number of rotatable bonds is 18. The van der Waals surface area contributed by atoms with Crippen LogP contribution in [0.3, 0.4) is 0 Å². The fourth-order valence-electron chi connectivity index (χ4n) is 3.23. The third kappa shape index (κ3) is 19.4. The van der Waals surface area contributed by atoms with Gasteiger partial charge in [-0.3, -0.25) is 0 Å². The monoisotopic (exact) mass is 358 g/mol. The van der Waals surface area contributed by atoms with Crippen LogP contribution in [0.2, 0.25) is 0 Å². The number of nitrogens with zero attached hydrogens (tertiary/aromatic N) is 1. The Labute approximate surface area is 156 Å². The Kier molecular flexibility index (Phi) is 16.2. The molecule has 0 fully saturated rings. The van der Waals surface area contributed by atoms with Crippen LogP contribution in [-0.2, 0) is 4.74 Å². The fourth-order valence-corrected chi connectivity index (χ4v) is 3.23. The summed E-state index contributed by atoms with van der Waals surface area (Å²) in [7, 11) is 4.29. The molecular weight excluding hydrogens is 314 g/mol. The topological polar surface area (TPSA) is 46.5 Å². The van der Waals surface area contributed by atoms with Gasteiger partial charge in [-0.05, 0) is 12.8 Å². The van der Waals surface area contributed by atoms with Crippen LogP contribution in [-0.4, -0.2) is 49.5 Å². The Morgan fingerprint density at radius 3 is 1.52 bits per heavy atom. The van der Waals surface area contributed by atoms with Crippen LogP contribution >= 0.6 is 0 Å². The molecule has 0 aromatic carbocycles. The molecule has 0 saturated heterocycles. The van der Waals surface area contributed by atoms with E-state index >= 15 is 0 Å². The van der Waals surface area contributed by atoms with Crippen LogP contribution in [0.25, 0.3) is 0 Å². The average molecular weight is 359 g/mol. The van der Waals surface area contributed by atoms with Crippen molar-refractivity contribution < 1.29 is 19.1 Å². The van der Waals surface area contributed by atoms with Gasteiger partial charge in [0.25, 0.3) is 0 Å². The molecule has 0 saturated carbocycles. The second kappa shape index (κ2) is 16.7. The molecule has 25 heavy (non-hydrogen) atoms. The second-order valence-electron chi connectivity index (χ2n) is 8.09. The van der Waals surface area contributed by atoms with E-state index in [0.717, 1.165) is 17.6 Å². The fraction of sp³-hybridized carbons (Fsp3) is 0.952. The zero-order valence-electron chi connectivity index (χ0n) is 17.2. The molecular formula is C21H44NO3+. The lowest BCUT2D eigenvalue weighted by atomic mass is 10.0. The zero-order chi connectivity index (χ0) is 18.8. The minimum absolute atomic E-state index is 0.293. The van der Waals surface area contributed by atoms with Gasteiger partial charge < -0.3 is 14.3 Å². The summed E-state index contributed by atoms with van der Waals surface area (Å²) in [5.41, 5.74) is 0. The number of unbranched alkanes of at least 4 members (excludes halogenated alkanes) is 13. The van der Waals surface area contributed by atoms with Gasteiger partial charge in [0, 0.05) is 0 Å². The molecule has 4 nitrogen and oxygen atoms in total.